The lowest BCUT2D eigenvalue weighted by Gasteiger charge is -2.16. The molecule has 8 heteroatoms. The number of nitrogens with one attached hydrogen (secondary N) is 1. The average Bonchev–Trinajstić information content (AvgIpc) is 2.92. The predicted molar refractivity (Wildman–Crippen MR) is 89.4 cm³/mol. The van der Waals surface area contributed by atoms with Crippen LogP contribution in [0.2, 0.25) is 5.02 Å². The molecule has 2 aromatic heterocycles. The van der Waals surface area contributed by atoms with Gasteiger partial charge in [0.1, 0.15) is 5.82 Å². The first kappa shape index (κ1) is 15.2. The van der Waals surface area contributed by atoms with E-state index in [2.05, 4.69) is 31.1 Å². The average molecular weight is 383 g/mol. The Morgan fingerprint density at radius 3 is 2.91 bits per heavy atom. The van der Waals surface area contributed by atoms with Gasteiger partial charge in [-0.15, -0.1) is 0 Å². The van der Waals surface area contributed by atoms with Crippen molar-refractivity contribution in [2.24, 2.45) is 5.73 Å². The van der Waals surface area contributed by atoms with Crippen molar-refractivity contribution < 1.29 is 0 Å². The fraction of sp³-hybridized carbons (Fsp3) is 0.214. The number of halogens is 2. The Kier molecular flexibility index (Phi) is 4.03. The number of hydrogen-bond acceptors (Lipinski definition) is 4. The first-order valence-corrected chi connectivity index (χ1v) is 7.87. The molecule has 1 unspecified atom stereocenters. The van der Waals surface area contributed by atoms with Gasteiger partial charge in [0, 0.05) is 0 Å². The number of H-pyrrole nitrogens is 1. The molecule has 0 amide bonds. The van der Waals surface area contributed by atoms with Gasteiger partial charge in [0.25, 0.3) is 5.56 Å². The first-order chi connectivity index (χ1) is 10.5. The fourth-order valence-corrected chi connectivity index (χ4v) is 2.89. The van der Waals surface area contributed by atoms with E-state index in [1.807, 2.05) is 6.92 Å². The van der Waals surface area contributed by atoms with E-state index < -0.39 is 0 Å². The summed E-state index contributed by atoms with van der Waals surface area (Å²) >= 11 is 9.55. The summed E-state index contributed by atoms with van der Waals surface area (Å²) in [6.07, 6.45) is 2.21. The summed E-state index contributed by atoms with van der Waals surface area (Å²) in [5.74, 6) is 0.949. The summed E-state index contributed by atoms with van der Waals surface area (Å²) in [6, 6.07) is 4.79. The van der Waals surface area contributed by atoms with Crippen LogP contribution in [-0.4, -0.2) is 19.7 Å². The molecule has 0 saturated heterocycles. The van der Waals surface area contributed by atoms with E-state index in [0.29, 0.717) is 38.5 Å². The van der Waals surface area contributed by atoms with Gasteiger partial charge in [-0.3, -0.25) is 9.89 Å². The minimum absolute atomic E-state index is 0.278. The van der Waals surface area contributed by atoms with Crippen molar-refractivity contribution in [3.8, 4) is 5.82 Å². The maximum atomic E-state index is 13.0. The highest BCUT2D eigenvalue weighted by Gasteiger charge is 2.20. The van der Waals surface area contributed by atoms with Gasteiger partial charge in [0.2, 0.25) is 0 Å². The summed E-state index contributed by atoms with van der Waals surface area (Å²) in [6.45, 7) is 1.94. The van der Waals surface area contributed by atoms with Gasteiger partial charge in [-0.1, -0.05) is 24.6 Å². The van der Waals surface area contributed by atoms with E-state index in [1.165, 1.54) is 4.57 Å². The quantitative estimate of drug-likeness (QED) is 0.729. The Labute approximate surface area is 139 Å². The monoisotopic (exact) mass is 381 g/mol. The van der Waals surface area contributed by atoms with Crippen molar-refractivity contribution in [3.63, 3.8) is 0 Å². The third-order valence-electron chi connectivity index (χ3n) is 3.44. The maximum Gasteiger partial charge on any atom is 0.268 e. The highest BCUT2D eigenvalue weighted by molar-refractivity contribution is 9.10. The maximum absolute atomic E-state index is 13.0. The molecular formula is C14H13BrClN5O. The highest BCUT2D eigenvalue weighted by Crippen LogP contribution is 2.24. The molecule has 1 aromatic carbocycles. The summed E-state index contributed by atoms with van der Waals surface area (Å²) in [5.41, 5.74) is 6.40. The Morgan fingerprint density at radius 1 is 1.50 bits per heavy atom. The van der Waals surface area contributed by atoms with Crippen LogP contribution in [-0.2, 0) is 0 Å². The van der Waals surface area contributed by atoms with E-state index in [4.69, 9.17) is 17.3 Å². The summed E-state index contributed by atoms with van der Waals surface area (Å²) in [5, 5.41) is 7.44. The Balaban J connectivity index is 2.47. The summed E-state index contributed by atoms with van der Waals surface area (Å²) < 4.78 is 2.08. The van der Waals surface area contributed by atoms with Gasteiger partial charge in [-0.2, -0.15) is 5.10 Å². The Morgan fingerprint density at radius 2 is 2.27 bits per heavy atom. The second-order valence-corrected chi connectivity index (χ2v) is 6.09. The van der Waals surface area contributed by atoms with Crippen LogP contribution < -0.4 is 11.3 Å². The van der Waals surface area contributed by atoms with Gasteiger partial charge >= 0.3 is 0 Å². The standard InChI is InChI=1S/C14H13BrClN5O/c1-2-9(17)13-19-10-5-3-4-8(16)11(10)14(22)21(13)12-7(15)6-18-20-12/h3-6,9H,2,17H2,1H3,(H,18,20). The molecule has 1 atom stereocenters. The van der Waals surface area contributed by atoms with Crippen molar-refractivity contribution in [1.29, 1.82) is 0 Å². The number of nitrogens with two attached hydrogens (primary N) is 1. The largest absolute Gasteiger partial charge is 0.321 e. The lowest BCUT2D eigenvalue weighted by atomic mass is 10.2. The molecule has 2 heterocycles. The van der Waals surface area contributed by atoms with E-state index in [9.17, 15) is 4.79 Å². The SMILES string of the molecule is CCC(N)c1nc2cccc(Cl)c2c(=O)n1-c1[nH]ncc1Br. The molecule has 0 spiro atoms. The third kappa shape index (κ3) is 2.35. The molecule has 6 nitrogen and oxygen atoms in total. The van der Waals surface area contributed by atoms with E-state index in [1.54, 1.807) is 24.4 Å². The number of aromatic amines is 1. The highest BCUT2D eigenvalue weighted by atomic mass is 79.9. The molecular weight excluding hydrogens is 370 g/mol. The molecule has 0 aliphatic heterocycles. The van der Waals surface area contributed by atoms with Crippen LogP contribution in [0.4, 0.5) is 0 Å². The van der Waals surface area contributed by atoms with Crippen molar-refractivity contribution >= 4 is 38.4 Å². The van der Waals surface area contributed by atoms with E-state index >= 15 is 0 Å². The summed E-state index contributed by atoms with van der Waals surface area (Å²) in [4.78, 5) is 17.5. The van der Waals surface area contributed by atoms with Crippen LogP contribution >= 0.6 is 27.5 Å². The topological polar surface area (TPSA) is 89.6 Å². The second-order valence-electron chi connectivity index (χ2n) is 4.83. The van der Waals surface area contributed by atoms with Gasteiger partial charge in [0.15, 0.2) is 5.82 Å². The molecule has 0 fully saturated rings. The van der Waals surface area contributed by atoms with Crippen molar-refractivity contribution in [2.75, 3.05) is 0 Å². The molecule has 0 aliphatic rings. The molecule has 0 aliphatic carbocycles. The lowest BCUT2D eigenvalue weighted by Crippen LogP contribution is -2.29. The van der Waals surface area contributed by atoms with Crippen LogP contribution in [0.3, 0.4) is 0 Å². The van der Waals surface area contributed by atoms with E-state index in [-0.39, 0.29) is 11.6 Å². The lowest BCUT2D eigenvalue weighted by molar-refractivity contribution is 0.618. The minimum Gasteiger partial charge on any atom is -0.321 e. The van der Waals surface area contributed by atoms with Crippen molar-refractivity contribution in [1.82, 2.24) is 19.7 Å². The number of hydrogen-bond donors (Lipinski definition) is 2. The van der Waals surface area contributed by atoms with Crippen LogP contribution in [0.25, 0.3) is 16.7 Å². The van der Waals surface area contributed by atoms with Gasteiger partial charge in [0.05, 0.1) is 32.6 Å². The number of nitrogens with zero attached hydrogens (tertiary/aromatic N) is 3. The molecule has 3 rings (SSSR count). The minimum atomic E-state index is -0.383. The van der Waals surface area contributed by atoms with Crippen LogP contribution in [0, 0.1) is 0 Å². The first-order valence-electron chi connectivity index (χ1n) is 6.70. The number of aromatic nitrogens is 4. The van der Waals surface area contributed by atoms with Crippen molar-refractivity contribution in [3.05, 3.63) is 50.1 Å². The molecule has 3 aromatic rings. The molecule has 3 N–H and O–H groups in total. The number of fused-ring (bicyclic) bond motifs is 1. The Bertz CT molecular complexity index is 904. The van der Waals surface area contributed by atoms with Gasteiger partial charge < -0.3 is 5.73 Å². The molecule has 0 saturated carbocycles. The third-order valence-corrected chi connectivity index (χ3v) is 4.34. The zero-order valence-corrected chi connectivity index (χ0v) is 14.0. The molecule has 114 valence electrons. The molecule has 0 bridgehead atoms. The fourth-order valence-electron chi connectivity index (χ4n) is 2.28. The zero-order chi connectivity index (χ0) is 15.9. The Hall–Kier alpha value is -1.70. The second kappa shape index (κ2) is 5.83. The van der Waals surface area contributed by atoms with Crippen LogP contribution in [0.5, 0.6) is 0 Å². The molecule has 22 heavy (non-hydrogen) atoms. The van der Waals surface area contributed by atoms with Gasteiger partial charge in [-0.25, -0.2) is 9.55 Å². The van der Waals surface area contributed by atoms with Crippen LogP contribution in [0.15, 0.2) is 33.7 Å². The summed E-state index contributed by atoms with van der Waals surface area (Å²) in [7, 11) is 0. The zero-order valence-electron chi connectivity index (χ0n) is 11.7. The van der Waals surface area contributed by atoms with Gasteiger partial charge in [-0.05, 0) is 34.5 Å². The molecule has 0 radical (unpaired) electrons. The smallest absolute Gasteiger partial charge is 0.268 e. The van der Waals surface area contributed by atoms with Crippen molar-refractivity contribution in [2.45, 2.75) is 19.4 Å². The van der Waals surface area contributed by atoms with Crippen LogP contribution in [0.1, 0.15) is 25.2 Å². The predicted octanol–water partition coefficient (Wildman–Crippen LogP) is 2.93. The van der Waals surface area contributed by atoms with E-state index in [0.717, 1.165) is 0 Å². The number of rotatable bonds is 3. The normalized spacial score (nSPS) is 12.7. The number of benzene rings is 1.